The number of rotatable bonds is 2. The van der Waals surface area contributed by atoms with Crippen LogP contribution < -0.4 is 5.32 Å². The Kier molecular flexibility index (Phi) is 2.93. The lowest BCUT2D eigenvalue weighted by molar-refractivity contribution is -0.137. The van der Waals surface area contributed by atoms with Crippen molar-refractivity contribution in [2.24, 2.45) is 0 Å². The van der Waals surface area contributed by atoms with Gasteiger partial charge < -0.3 is 10.4 Å². The van der Waals surface area contributed by atoms with Crippen LogP contribution in [0.25, 0.3) is 0 Å². The molecule has 0 aromatic heterocycles. The van der Waals surface area contributed by atoms with E-state index in [-0.39, 0.29) is 12.5 Å². The molecule has 0 bridgehead atoms. The van der Waals surface area contributed by atoms with Gasteiger partial charge in [0.2, 0.25) is 0 Å². The van der Waals surface area contributed by atoms with E-state index in [4.69, 9.17) is 16.7 Å². The molecule has 1 atom stereocenters. The molecule has 3 nitrogen and oxygen atoms in total. The molecule has 1 aliphatic rings. The van der Waals surface area contributed by atoms with Gasteiger partial charge in [0.25, 0.3) is 0 Å². The summed E-state index contributed by atoms with van der Waals surface area (Å²) in [4.78, 5) is 10.6. The van der Waals surface area contributed by atoms with Crippen molar-refractivity contribution in [3.8, 4) is 0 Å². The van der Waals surface area contributed by atoms with Crippen LogP contribution in [-0.4, -0.2) is 17.1 Å². The molecule has 2 rings (SSSR count). The highest BCUT2D eigenvalue weighted by molar-refractivity contribution is 6.30. The van der Waals surface area contributed by atoms with Crippen molar-refractivity contribution in [1.82, 2.24) is 5.32 Å². The van der Waals surface area contributed by atoms with E-state index in [1.165, 1.54) is 5.56 Å². The molecule has 0 radical (unpaired) electrons. The molecular formula is C11H12ClNO2. The average molecular weight is 226 g/mol. The third-order valence-corrected chi connectivity index (χ3v) is 2.87. The standard InChI is InChI=1S/C11H12ClNO2/c12-9-2-1-7-6-13-10(5-11(14)15)4-8(7)3-9/h1-3,10,13H,4-6H2,(H,14,15). The molecule has 1 aliphatic heterocycles. The van der Waals surface area contributed by atoms with Gasteiger partial charge in [-0.25, -0.2) is 0 Å². The Morgan fingerprint density at radius 3 is 3.07 bits per heavy atom. The summed E-state index contributed by atoms with van der Waals surface area (Å²) in [5.74, 6) is -0.766. The van der Waals surface area contributed by atoms with E-state index in [9.17, 15) is 4.79 Å². The fourth-order valence-electron chi connectivity index (χ4n) is 1.90. The molecule has 0 aliphatic carbocycles. The first-order valence-electron chi connectivity index (χ1n) is 4.87. The summed E-state index contributed by atoms with van der Waals surface area (Å²) in [5.41, 5.74) is 2.37. The van der Waals surface area contributed by atoms with Gasteiger partial charge in [0.1, 0.15) is 0 Å². The van der Waals surface area contributed by atoms with Crippen LogP contribution >= 0.6 is 11.6 Å². The maximum atomic E-state index is 10.6. The highest BCUT2D eigenvalue weighted by atomic mass is 35.5. The zero-order valence-corrected chi connectivity index (χ0v) is 8.92. The molecule has 4 heteroatoms. The van der Waals surface area contributed by atoms with Crippen molar-refractivity contribution in [3.63, 3.8) is 0 Å². The highest BCUT2D eigenvalue weighted by Gasteiger charge is 2.20. The smallest absolute Gasteiger partial charge is 0.304 e. The molecule has 1 unspecified atom stereocenters. The fraction of sp³-hybridized carbons (Fsp3) is 0.364. The molecule has 0 saturated heterocycles. The first kappa shape index (κ1) is 10.5. The van der Waals surface area contributed by atoms with Crippen LogP contribution in [0.1, 0.15) is 17.5 Å². The van der Waals surface area contributed by atoms with E-state index < -0.39 is 5.97 Å². The first-order chi connectivity index (χ1) is 7.15. The number of nitrogens with one attached hydrogen (secondary N) is 1. The highest BCUT2D eigenvalue weighted by Crippen LogP contribution is 2.21. The Morgan fingerprint density at radius 1 is 1.53 bits per heavy atom. The fourth-order valence-corrected chi connectivity index (χ4v) is 2.10. The minimum absolute atomic E-state index is 0.0217. The Bertz CT molecular complexity index is 392. The summed E-state index contributed by atoms with van der Waals surface area (Å²) in [6.45, 7) is 0.727. The molecule has 2 N–H and O–H groups in total. The predicted molar refractivity (Wildman–Crippen MR) is 58.0 cm³/mol. The van der Waals surface area contributed by atoms with Gasteiger partial charge in [0, 0.05) is 17.6 Å². The van der Waals surface area contributed by atoms with Gasteiger partial charge in [0.05, 0.1) is 6.42 Å². The second-order valence-corrected chi connectivity index (χ2v) is 4.23. The van der Waals surface area contributed by atoms with Gasteiger partial charge in [0.15, 0.2) is 0 Å². The van der Waals surface area contributed by atoms with Crippen LogP contribution in [0.5, 0.6) is 0 Å². The quantitative estimate of drug-likeness (QED) is 0.808. The van der Waals surface area contributed by atoms with Gasteiger partial charge >= 0.3 is 5.97 Å². The van der Waals surface area contributed by atoms with E-state index in [0.29, 0.717) is 5.02 Å². The number of halogens is 1. The largest absolute Gasteiger partial charge is 0.481 e. The SMILES string of the molecule is O=C(O)CC1Cc2cc(Cl)ccc2CN1. The van der Waals surface area contributed by atoms with Crippen LogP contribution in [0, 0.1) is 0 Å². The molecule has 0 spiro atoms. The van der Waals surface area contributed by atoms with E-state index in [0.717, 1.165) is 18.5 Å². The molecular weight excluding hydrogens is 214 g/mol. The number of carbonyl (C=O) groups is 1. The number of fused-ring (bicyclic) bond motifs is 1. The molecule has 1 aromatic carbocycles. The third kappa shape index (κ3) is 2.49. The Labute approximate surface area is 93.1 Å². The van der Waals surface area contributed by atoms with Crippen molar-refractivity contribution in [3.05, 3.63) is 34.3 Å². The lowest BCUT2D eigenvalue weighted by Gasteiger charge is -2.25. The number of carboxylic acids is 1. The Balaban J connectivity index is 2.14. The molecule has 80 valence electrons. The monoisotopic (exact) mass is 225 g/mol. The van der Waals surface area contributed by atoms with E-state index >= 15 is 0 Å². The minimum atomic E-state index is -0.766. The number of hydrogen-bond acceptors (Lipinski definition) is 2. The van der Waals surface area contributed by atoms with E-state index in [1.807, 2.05) is 18.2 Å². The summed E-state index contributed by atoms with van der Waals surface area (Å²) in [6.07, 6.45) is 0.897. The van der Waals surface area contributed by atoms with Crippen LogP contribution in [0.3, 0.4) is 0 Å². The molecule has 0 fully saturated rings. The number of carboxylic acid groups (broad SMARTS) is 1. The lowest BCUT2D eigenvalue weighted by atomic mass is 9.94. The normalized spacial score (nSPS) is 19.7. The summed E-state index contributed by atoms with van der Waals surface area (Å²) in [6, 6.07) is 5.79. The molecule has 1 aromatic rings. The van der Waals surface area contributed by atoms with Gasteiger partial charge in [-0.1, -0.05) is 17.7 Å². The molecule has 0 saturated carbocycles. The Morgan fingerprint density at radius 2 is 2.33 bits per heavy atom. The van der Waals surface area contributed by atoms with Crippen molar-refractivity contribution < 1.29 is 9.90 Å². The third-order valence-electron chi connectivity index (χ3n) is 2.64. The maximum absolute atomic E-state index is 10.6. The van der Waals surface area contributed by atoms with E-state index in [1.54, 1.807) is 0 Å². The van der Waals surface area contributed by atoms with Gasteiger partial charge in [-0.3, -0.25) is 4.79 Å². The molecule has 1 heterocycles. The Hall–Kier alpha value is -1.06. The summed E-state index contributed by atoms with van der Waals surface area (Å²) < 4.78 is 0. The average Bonchev–Trinajstić information content (AvgIpc) is 2.16. The van der Waals surface area contributed by atoms with Crippen LogP contribution in [-0.2, 0) is 17.8 Å². The van der Waals surface area contributed by atoms with Crippen LogP contribution in [0.2, 0.25) is 5.02 Å². The molecule has 0 amide bonds. The van der Waals surface area contributed by atoms with Crippen LogP contribution in [0.15, 0.2) is 18.2 Å². The van der Waals surface area contributed by atoms with Crippen molar-refractivity contribution in [2.45, 2.75) is 25.4 Å². The summed E-state index contributed by atoms with van der Waals surface area (Å²) in [7, 11) is 0. The van der Waals surface area contributed by atoms with Gasteiger partial charge in [-0.05, 0) is 29.7 Å². The van der Waals surface area contributed by atoms with Crippen molar-refractivity contribution in [1.29, 1.82) is 0 Å². The topological polar surface area (TPSA) is 49.3 Å². The number of benzene rings is 1. The maximum Gasteiger partial charge on any atom is 0.304 e. The summed E-state index contributed by atoms with van der Waals surface area (Å²) >= 11 is 5.89. The first-order valence-corrected chi connectivity index (χ1v) is 5.25. The second-order valence-electron chi connectivity index (χ2n) is 3.79. The number of aliphatic carboxylic acids is 1. The molecule has 15 heavy (non-hydrogen) atoms. The lowest BCUT2D eigenvalue weighted by Crippen LogP contribution is -2.37. The minimum Gasteiger partial charge on any atom is -0.481 e. The van der Waals surface area contributed by atoms with E-state index in [2.05, 4.69) is 5.32 Å². The number of hydrogen-bond donors (Lipinski definition) is 2. The van der Waals surface area contributed by atoms with Gasteiger partial charge in [-0.2, -0.15) is 0 Å². The van der Waals surface area contributed by atoms with Crippen LogP contribution in [0.4, 0.5) is 0 Å². The zero-order valence-electron chi connectivity index (χ0n) is 8.16. The summed E-state index contributed by atoms with van der Waals surface area (Å²) in [5, 5.41) is 12.6. The second kappa shape index (κ2) is 4.21. The predicted octanol–water partition coefficient (Wildman–Crippen LogP) is 1.83. The zero-order chi connectivity index (χ0) is 10.8. The van der Waals surface area contributed by atoms with Gasteiger partial charge in [-0.15, -0.1) is 0 Å². The van der Waals surface area contributed by atoms with Crippen molar-refractivity contribution >= 4 is 17.6 Å². The van der Waals surface area contributed by atoms with Crippen molar-refractivity contribution in [2.75, 3.05) is 0 Å².